The first kappa shape index (κ1) is 12.2. The zero-order valence-electron chi connectivity index (χ0n) is 10.5. The third-order valence-corrected chi connectivity index (χ3v) is 2.64. The maximum atomic E-state index is 11.9. The van der Waals surface area contributed by atoms with E-state index in [1.54, 1.807) is 6.20 Å². The van der Waals surface area contributed by atoms with Gasteiger partial charge >= 0.3 is 0 Å². The Hall–Kier alpha value is -2.30. The van der Waals surface area contributed by atoms with E-state index in [9.17, 15) is 4.79 Å². The molecule has 0 atom stereocenters. The number of hydrogen-bond acceptors (Lipinski definition) is 3. The number of rotatable bonds is 4. The van der Waals surface area contributed by atoms with Crippen molar-refractivity contribution in [3.05, 3.63) is 47.8 Å². The number of benzene rings is 1. The zero-order chi connectivity index (χ0) is 13.0. The summed E-state index contributed by atoms with van der Waals surface area (Å²) in [4.78, 5) is 13.9. The maximum absolute atomic E-state index is 11.9. The predicted octanol–water partition coefficient (Wildman–Crippen LogP) is 1.41. The predicted molar refractivity (Wildman–Crippen MR) is 70.5 cm³/mol. The summed E-state index contributed by atoms with van der Waals surface area (Å²) in [6.45, 7) is 0.453. The second-order valence-corrected chi connectivity index (χ2v) is 4.21. The van der Waals surface area contributed by atoms with Crippen LogP contribution in [0.15, 0.2) is 36.5 Å². The molecule has 0 unspecified atom stereocenters. The summed E-state index contributed by atoms with van der Waals surface area (Å²) in [7, 11) is 3.93. The summed E-state index contributed by atoms with van der Waals surface area (Å²) in [5.74, 6) is -0.0880. The lowest BCUT2D eigenvalue weighted by Gasteiger charge is -2.12. The Morgan fingerprint density at radius 3 is 2.56 bits per heavy atom. The smallest absolute Gasteiger partial charge is 0.251 e. The van der Waals surface area contributed by atoms with Crippen LogP contribution in [-0.2, 0) is 6.54 Å². The van der Waals surface area contributed by atoms with Crippen LogP contribution >= 0.6 is 0 Å². The van der Waals surface area contributed by atoms with E-state index < -0.39 is 0 Å². The Labute approximate surface area is 106 Å². The molecule has 0 spiro atoms. The number of aromatic amines is 1. The fourth-order valence-electron chi connectivity index (χ4n) is 1.57. The van der Waals surface area contributed by atoms with Gasteiger partial charge in [-0.3, -0.25) is 9.89 Å². The largest absolute Gasteiger partial charge is 0.378 e. The molecule has 0 fully saturated rings. The van der Waals surface area contributed by atoms with Crippen LogP contribution in [0.5, 0.6) is 0 Å². The quantitative estimate of drug-likeness (QED) is 0.854. The van der Waals surface area contributed by atoms with E-state index in [0.29, 0.717) is 12.1 Å². The molecule has 0 saturated heterocycles. The summed E-state index contributed by atoms with van der Waals surface area (Å²) < 4.78 is 0. The minimum Gasteiger partial charge on any atom is -0.378 e. The standard InChI is InChI=1S/C13H16N4O/c1-17(2)12-5-3-10(4-6-12)13(18)14-9-11-7-8-15-16-11/h3-8H,9H2,1-2H3,(H,14,18)(H,15,16). The van der Waals surface area contributed by atoms with Crippen LogP contribution in [-0.4, -0.2) is 30.2 Å². The number of H-pyrrole nitrogens is 1. The van der Waals surface area contributed by atoms with Crippen LogP contribution in [0.1, 0.15) is 16.1 Å². The van der Waals surface area contributed by atoms with Gasteiger partial charge in [-0.25, -0.2) is 0 Å². The first-order valence-electron chi connectivity index (χ1n) is 5.70. The molecule has 0 aliphatic carbocycles. The SMILES string of the molecule is CN(C)c1ccc(C(=O)NCc2ccn[nH]2)cc1. The van der Waals surface area contributed by atoms with Gasteiger partial charge in [0, 0.05) is 31.5 Å². The highest BCUT2D eigenvalue weighted by molar-refractivity contribution is 5.94. The highest BCUT2D eigenvalue weighted by Crippen LogP contribution is 2.12. The van der Waals surface area contributed by atoms with E-state index >= 15 is 0 Å². The highest BCUT2D eigenvalue weighted by atomic mass is 16.1. The van der Waals surface area contributed by atoms with Gasteiger partial charge in [0.25, 0.3) is 5.91 Å². The third-order valence-electron chi connectivity index (χ3n) is 2.64. The van der Waals surface area contributed by atoms with Gasteiger partial charge in [-0.1, -0.05) is 0 Å². The third kappa shape index (κ3) is 2.88. The Kier molecular flexibility index (Phi) is 3.62. The van der Waals surface area contributed by atoms with Crippen molar-refractivity contribution in [2.24, 2.45) is 0 Å². The Morgan fingerprint density at radius 1 is 1.28 bits per heavy atom. The van der Waals surface area contributed by atoms with E-state index in [1.165, 1.54) is 0 Å². The fraction of sp³-hybridized carbons (Fsp3) is 0.231. The minimum absolute atomic E-state index is 0.0880. The zero-order valence-corrected chi connectivity index (χ0v) is 10.5. The van der Waals surface area contributed by atoms with E-state index in [2.05, 4.69) is 15.5 Å². The van der Waals surface area contributed by atoms with E-state index in [1.807, 2.05) is 49.3 Å². The lowest BCUT2D eigenvalue weighted by atomic mass is 10.2. The van der Waals surface area contributed by atoms with Crippen molar-refractivity contribution in [1.29, 1.82) is 0 Å². The summed E-state index contributed by atoms with van der Waals surface area (Å²) >= 11 is 0. The van der Waals surface area contributed by atoms with Crippen molar-refractivity contribution in [2.75, 3.05) is 19.0 Å². The van der Waals surface area contributed by atoms with Crippen molar-refractivity contribution in [3.63, 3.8) is 0 Å². The second-order valence-electron chi connectivity index (χ2n) is 4.21. The molecular formula is C13H16N4O. The van der Waals surface area contributed by atoms with Gasteiger partial charge in [0.15, 0.2) is 0 Å². The molecule has 2 aromatic rings. The summed E-state index contributed by atoms with van der Waals surface area (Å²) in [5, 5.41) is 9.44. The number of aromatic nitrogens is 2. The number of amides is 1. The molecule has 1 amide bonds. The number of anilines is 1. The maximum Gasteiger partial charge on any atom is 0.251 e. The van der Waals surface area contributed by atoms with Crippen LogP contribution in [0.4, 0.5) is 5.69 Å². The molecule has 0 aliphatic rings. The minimum atomic E-state index is -0.0880. The van der Waals surface area contributed by atoms with Crippen molar-refractivity contribution in [2.45, 2.75) is 6.54 Å². The van der Waals surface area contributed by atoms with Gasteiger partial charge in [0.05, 0.1) is 12.2 Å². The Balaban J connectivity index is 1.96. The monoisotopic (exact) mass is 244 g/mol. The number of nitrogens with one attached hydrogen (secondary N) is 2. The summed E-state index contributed by atoms with van der Waals surface area (Å²) in [6, 6.07) is 9.31. The molecule has 0 aliphatic heterocycles. The van der Waals surface area contributed by atoms with Gasteiger partial charge in [-0.15, -0.1) is 0 Å². The van der Waals surface area contributed by atoms with Crippen LogP contribution in [0.25, 0.3) is 0 Å². The number of hydrogen-bond donors (Lipinski definition) is 2. The van der Waals surface area contributed by atoms with Crippen LogP contribution in [0.3, 0.4) is 0 Å². The molecule has 94 valence electrons. The van der Waals surface area contributed by atoms with Crippen LogP contribution < -0.4 is 10.2 Å². The second kappa shape index (κ2) is 5.35. The lowest BCUT2D eigenvalue weighted by molar-refractivity contribution is 0.0950. The fourth-order valence-corrected chi connectivity index (χ4v) is 1.57. The van der Waals surface area contributed by atoms with Gasteiger partial charge < -0.3 is 10.2 Å². The van der Waals surface area contributed by atoms with E-state index in [0.717, 1.165) is 11.4 Å². The van der Waals surface area contributed by atoms with Crippen molar-refractivity contribution < 1.29 is 4.79 Å². The van der Waals surface area contributed by atoms with Crippen LogP contribution in [0, 0.1) is 0 Å². The molecule has 5 nitrogen and oxygen atoms in total. The Morgan fingerprint density at radius 2 is 2.00 bits per heavy atom. The Bertz CT molecular complexity index is 502. The average Bonchev–Trinajstić information content (AvgIpc) is 2.89. The molecule has 5 heteroatoms. The topological polar surface area (TPSA) is 61.0 Å². The van der Waals surface area contributed by atoms with E-state index in [4.69, 9.17) is 0 Å². The first-order valence-corrected chi connectivity index (χ1v) is 5.70. The molecule has 1 heterocycles. The summed E-state index contributed by atoms with van der Waals surface area (Å²) in [6.07, 6.45) is 1.66. The number of nitrogens with zero attached hydrogens (tertiary/aromatic N) is 2. The molecule has 2 N–H and O–H groups in total. The van der Waals surface area contributed by atoms with Gasteiger partial charge in [-0.05, 0) is 30.3 Å². The molecule has 0 radical (unpaired) electrons. The first-order chi connectivity index (χ1) is 8.66. The van der Waals surface area contributed by atoms with Crippen molar-refractivity contribution >= 4 is 11.6 Å². The number of carbonyl (C=O) groups excluding carboxylic acids is 1. The number of carbonyl (C=O) groups is 1. The molecular weight excluding hydrogens is 228 g/mol. The van der Waals surface area contributed by atoms with E-state index in [-0.39, 0.29) is 5.91 Å². The molecule has 1 aromatic heterocycles. The van der Waals surface area contributed by atoms with Crippen LogP contribution in [0.2, 0.25) is 0 Å². The summed E-state index contributed by atoms with van der Waals surface area (Å²) in [5.41, 5.74) is 2.61. The normalized spacial score (nSPS) is 10.1. The lowest BCUT2D eigenvalue weighted by Crippen LogP contribution is -2.23. The van der Waals surface area contributed by atoms with Gasteiger partial charge in [0.1, 0.15) is 0 Å². The molecule has 0 bridgehead atoms. The molecule has 0 saturated carbocycles. The molecule has 2 rings (SSSR count). The average molecular weight is 244 g/mol. The van der Waals surface area contributed by atoms with Crippen molar-refractivity contribution in [3.8, 4) is 0 Å². The highest BCUT2D eigenvalue weighted by Gasteiger charge is 2.05. The van der Waals surface area contributed by atoms with Gasteiger partial charge in [0.2, 0.25) is 0 Å². The molecule has 1 aromatic carbocycles. The van der Waals surface area contributed by atoms with Gasteiger partial charge in [-0.2, -0.15) is 5.10 Å². The van der Waals surface area contributed by atoms with Crippen molar-refractivity contribution in [1.82, 2.24) is 15.5 Å². The molecule has 18 heavy (non-hydrogen) atoms.